The van der Waals surface area contributed by atoms with Crippen molar-refractivity contribution < 1.29 is 38.5 Å². The second-order valence-corrected chi connectivity index (χ2v) is 13.9. The summed E-state index contributed by atoms with van der Waals surface area (Å²) in [4.78, 5) is 32.2. The summed E-state index contributed by atoms with van der Waals surface area (Å²) in [6, 6.07) is 10.1. The Hall–Kier alpha value is -1.85. The van der Waals surface area contributed by atoms with E-state index in [1.165, 1.54) is 15.8 Å². The monoisotopic (exact) mass is 572 g/mol. The van der Waals surface area contributed by atoms with Crippen molar-refractivity contribution in [3.8, 4) is 0 Å². The summed E-state index contributed by atoms with van der Waals surface area (Å²) in [6.45, 7) is 0.0921. The molecule has 2 heterocycles. The average molecular weight is 573 g/mol. The summed E-state index contributed by atoms with van der Waals surface area (Å²) in [7, 11) is -9.54. The third-order valence-electron chi connectivity index (χ3n) is 6.86. The number of aliphatic hydroxyl groups is 2. The van der Waals surface area contributed by atoms with E-state index >= 15 is 0 Å². The molecule has 6 atom stereocenters. The number of fused-ring (bicyclic) bond motifs is 2. The molecule has 1 saturated carbocycles. The van der Waals surface area contributed by atoms with Crippen LogP contribution in [0.5, 0.6) is 0 Å². The van der Waals surface area contributed by atoms with Crippen LogP contribution in [0.25, 0.3) is 11.0 Å². The Morgan fingerprint density at radius 1 is 1.16 bits per heavy atom. The molecule has 5 rings (SSSR count). The van der Waals surface area contributed by atoms with Gasteiger partial charge >= 0.3 is 15.2 Å². The molecular weight excluding hydrogens is 546 g/mol. The molecule has 0 radical (unpaired) electrons. The van der Waals surface area contributed by atoms with Crippen LogP contribution < -0.4 is 5.32 Å². The summed E-state index contributed by atoms with van der Waals surface area (Å²) in [5, 5.41) is 29.9. The lowest BCUT2D eigenvalue weighted by Gasteiger charge is -2.20. The van der Waals surface area contributed by atoms with Crippen molar-refractivity contribution in [2.75, 3.05) is 11.2 Å². The van der Waals surface area contributed by atoms with Crippen LogP contribution in [0.3, 0.4) is 0 Å². The molecule has 37 heavy (non-hydrogen) atoms. The lowest BCUT2D eigenvalue weighted by Crippen LogP contribution is -2.32. The van der Waals surface area contributed by atoms with Crippen LogP contribution in [0.1, 0.15) is 30.0 Å². The van der Waals surface area contributed by atoms with Crippen molar-refractivity contribution in [3.05, 3.63) is 52.8 Å². The highest BCUT2D eigenvalue weighted by Gasteiger charge is 2.46. The summed E-state index contributed by atoms with van der Waals surface area (Å²) in [5.41, 5.74) is 3.74. The zero-order valence-electron chi connectivity index (χ0n) is 19.5. The van der Waals surface area contributed by atoms with E-state index in [0.717, 1.165) is 23.9 Å². The van der Waals surface area contributed by atoms with E-state index in [-0.39, 0.29) is 24.2 Å². The van der Waals surface area contributed by atoms with Crippen molar-refractivity contribution in [1.29, 1.82) is 0 Å². The van der Waals surface area contributed by atoms with Crippen LogP contribution in [0.15, 0.2) is 36.5 Å². The molecule has 15 heteroatoms. The number of hydrogen-bond acceptors (Lipinski definition) is 8. The SMILES string of the molecule is O=P(O)(O)CP(=O)(O)O[C@H]1C[C@@H](Cn2ncc3c(NC4CCc5ccccc54)cc(Cl)nc32)[C@H](O)[C@@H]1O. The smallest absolute Gasteiger partial charge is 0.340 e. The molecular formula is C22H27ClN4O8P2. The number of hydrogen-bond donors (Lipinski definition) is 6. The predicted octanol–water partition coefficient (Wildman–Crippen LogP) is 2.63. The number of benzene rings is 1. The van der Waals surface area contributed by atoms with Gasteiger partial charge < -0.3 is 34.7 Å². The summed E-state index contributed by atoms with van der Waals surface area (Å²) in [5.74, 6) is -2.02. The second-order valence-electron chi connectivity index (χ2n) is 9.56. The molecule has 1 fully saturated rings. The Bertz CT molecular complexity index is 1410. The van der Waals surface area contributed by atoms with Crippen molar-refractivity contribution >= 4 is 43.5 Å². The zero-order valence-corrected chi connectivity index (χ0v) is 22.0. The van der Waals surface area contributed by atoms with Crippen molar-refractivity contribution in [2.24, 2.45) is 5.92 Å². The predicted molar refractivity (Wildman–Crippen MR) is 135 cm³/mol. The number of aryl methyl sites for hydroxylation is 1. The van der Waals surface area contributed by atoms with Gasteiger partial charge in [-0.25, -0.2) is 9.67 Å². The van der Waals surface area contributed by atoms with E-state index < -0.39 is 45.3 Å². The minimum Gasteiger partial charge on any atom is -0.390 e. The number of aromatic nitrogens is 3. The quantitative estimate of drug-likeness (QED) is 0.172. The second kappa shape index (κ2) is 10.0. The lowest BCUT2D eigenvalue weighted by molar-refractivity contribution is -0.0218. The van der Waals surface area contributed by atoms with E-state index in [1.807, 2.05) is 12.1 Å². The molecule has 0 aliphatic heterocycles. The van der Waals surface area contributed by atoms with Gasteiger partial charge in [-0.1, -0.05) is 35.9 Å². The first kappa shape index (κ1) is 26.7. The molecule has 0 amide bonds. The molecule has 2 unspecified atom stereocenters. The topological polar surface area (TPSA) is 187 Å². The fourth-order valence-electron chi connectivity index (χ4n) is 5.23. The van der Waals surface area contributed by atoms with E-state index in [2.05, 4.69) is 27.5 Å². The molecule has 0 saturated heterocycles. The van der Waals surface area contributed by atoms with Crippen LogP contribution in [0.4, 0.5) is 5.69 Å². The number of nitrogens with one attached hydrogen (secondary N) is 1. The molecule has 2 aliphatic rings. The van der Waals surface area contributed by atoms with Gasteiger partial charge in [0.2, 0.25) is 0 Å². The van der Waals surface area contributed by atoms with Gasteiger partial charge in [0.15, 0.2) is 11.6 Å². The normalized spacial score (nSPS) is 27.4. The molecule has 0 spiro atoms. The maximum Gasteiger partial charge on any atom is 0.340 e. The van der Waals surface area contributed by atoms with E-state index in [1.54, 1.807) is 12.3 Å². The molecule has 1 aromatic carbocycles. The van der Waals surface area contributed by atoms with E-state index in [0.29, 0.717) is 5.65 Å². The van der Waals surface area contributed by atoms with Crippen LogP contribution in [0.2, 0.25) is 5.15 Å². The number of pyridine rings is 1. The fourth-order valence-corrected chi connectivity index (χ4v) is 8.18. The molecule has 0 bridgehead atoms. The van der Waals surface area contributed by atoms with Gasteiger partial charge in [0.05, 0.1) is 35.5 Å². The Kier molecular flexibility index (Phi) is 7.25. The zero-order chi connectivity index (χ0) is 26.5. The lowest BCUT2D eigenvalue weighted by atomic mass is 10.1. The van der Waals surface area contributed by atoms with Gasteiger partial charge in [0, 0.05) is 12.5 Å². The molecule has 200 valence electrons. The third kappa shape index (κ3) is 5.78. The summed E-state index contributed by atoms with van der Waals surface area (Å²) < 4.78 is 29.8. The first-order valence-corrected chi connectivity index (χ1v) is 15.6. The highest BCUT2D eigenvalue weighted by atomic mass is 35.5. The van der Waals surface area contributed by atoms with Gasteiger partial charge in [0.1, 0.15) is 11.3 Å². The van der Waals surface area contributed by atoms with Crippen molar-refractivity contribution in [1.82, 2.24) is 14.8 Å². The Morgan fingerprint density at radius 2 is 1.92 bits per heavy atom. The Morgan fingerprint density at radius 3 is 2.68 bits per heavy atom. The number of nitrogens with zero attached hydrogens (tertiary/aromatic N) is 3. The van der Waals surface area contributed by atoms with Crippen LogP contribution in [-0.2, 0) is 26.6 Å². The largest absolute Gasteiger partial charge is 0.390 e. The highest BCUT2D eigenvalue weighted by Crippen LogP contribution is 2.57. The van der Waals surface area contributed by atoms with E-state index in [4.69, 9.17) is 25.9 Å². The summed E-state index contributed by atoms with van der Waals surface area (Å²) in [6.07, 6.45) is -0.657. The highest BCUT2D eigenvalue weighted by molar-refractivity contribution is 7.70. The minimum atomic E-state index is -4.83. The Labute approximate surface area is 216 Å². The summed E-state index contributed by atoms with van der Waals surface area (Å²) >= 11 is 6.33. The maximum absolute atomic E-state index is 12.1. The molecule has 3 aromatic rings. The third-order valence-corrected chi connectivity index (χ3v) is 10.6. The van der Waals surface area contributed by atoms with Gasteiger partial charge in [0.25, 0.3) is 0 Å². The first-order chi connectivity index (χ1) is 17.4. The fraction of sp³-hybridized carbons (Fsp3) is 0.455. The number of halogens is 1. The van der Waals surface area contributed by atoms with Crippen LogP contribution in [0, 0.1) is 5.92 Å². The number of aliphatic hydroxyl groups excluding tert-OH is 2. The van der Waals surface area contributed by atoms with Gasteiger partial charge in [-0.2, -0.15) is 5.10 Å². The molecule has 2 aliphatic carbocycles. The van der Waals surface area contributed by atoms with Crippen LogP contribution in [-0.4, -0.2) is 63.9 Å². The van der Waals surface area contributed by atoms with Crippen LogP contribution >= 0.6 is 26.8 Å². The van der Waals surface area contributed by atoms with Gasteiger partial charge in [-0.05, 0) is 36.5 Å². The number of rotatable bonds is 8. The Balaban J connectivity index is 1.34. The van der Waals surface area contributed by atoms with Crippen molar-refractivity contribution in [2.45, 2.75) is 50.2 Å². The molecule has 6 N–H and O–H groups in total. The standard InChI is InChI=1S/C22H27ClN4O8P2/c23-19-8-17(25-16-6-5-12-3-1-2-4-14(12)16)15-9-24-27(22(15)26-19)10-13-7-18(21(29)20(13)28)35-37(33,34)11-36(30,31)32/h1-4,8-9,13,16,18,20-21,28-29H,5-7,10-11H2,(H,25,26)(H,33,34)(H2,30,31,32)/t13-,16?,18-,20-,21+/m0/s1. The minimum absolute atomic E-state index is 0.0417. The van der Waals surface area contributed by atoms with E-state index in [9.17, 15) is 24.2 Å². The maximum atomic E-state index is 12.1. The van der Waals surface area contributed by atoms with Gasteiger partial charge in [-0.15, -0.1) is 0 Å². The average Bonchev–Trinajstić information content (AvgIpc) is 3.46. The number of anilines is 1. The van der Waals surface area contributed by atoms with Crippen molar-refractivity contribution in [3.63, 3.8) is 0 Å². The molecule has 2 aromatic heterocycles. The first-order valence-electron chi connectivity index (χ1n) is 11.7. The molecule has 12 nitrogen and oxygen atoms in total. The van der Waals surface area contributed by atoms with Gasteiger partial charge in [-0.3, -0.25) is 9.13 Å².